The summed E-state index contributed by atoms with van der Waals surface area (Å²) in [6, 6.07) is 15.4. The molecule has 1 aliphatic heterocycles. The van der Waals surface area contributed by atoms with Crippen molar-refractivity contribution in [3.63, 3.8) is 0 Å². The number of methoxy groups -OCH3 is 2. The van der Waals surface area contributed by atoms with Crippen LogP contribution in [-0.4, -0.2) is 49.9 Å². The van der Waals surface area contributed by atoms with Crippen molar-refractivity contribution < 1.29 is 28.5 Å². The average Bonchev–Trinajstić information content (AvgIpc) is 2.77. The van der Waals surface area contributed by atoms with Gasteiger partial charge in [0.1, 0.15) is 11.5 Å². The molecule has 1 aliphatic rings. The van der Waals surface area contributed by atoms with E-state index in [1.54, 1.807) is 14.2 Å². The second-order valence-corrected chi connectivity index (χ2v) is 8.64. The minimum atomic E-state index is -0.858. The maximum atomic E-state index is 12.2. The van der Waals surface area contributed by atoms with Gasteiger partial charge in [-0.1, -0.05) is 24.3 Å². The molecule has 1 saturated heterocycles. The molecule has 0 spiro atoms. The van der Waals surface area contributed by atoms with E-state index in [1.165, 1.54) is 23.5 Å². The molecule has 1 heterocycles. The van der Waals surface area contributed by atoms with Gasteiger partial charge in [0.2, 0.25) is 12.2 Å². The molecule has 3 rings (SSSR count). The zero-order valence-electron chi connectivity index (χ0n) is 16.9. The fourth-order valence-corrected chi connectivity index (χ4v) is 4.67. The smallest absolute Gasteiger partial charge is 0.349 e. The first-order valence-electron chi connectivity index (χ1n) is 9.41. The maximum absolute atomic E-state index is 12.2. The van der Waals surface area contributed by atoms with Crippen LogP contribution in [0.15, 0.2) is 48.5 Å². The number of benzene rings is 2. The molecule has 8 heteroatoms. The van der Waals surface area contributed by atoms with Crippen molar-refractivity contribution >= 4 is 35.5 Å². The molecular weight excluding hydrogens is 424 g/mol. The molecule has 0 aromatic heterocycles. The van der Waals surface area contributed by atoms with Gasteiger partial charge in [-0.2, -0.15) is 23.5 Å². The molecule has 2 aromatic carbocycles. The minimum absolute atomic E-state index is 0.363. The summed E-state index contributed by atoms with van der Waals surface area (Å²) in [7, 11) is 3.25. The van der Waals surface area contributed by atoms with Crippen LogP contribution in [-0.2, 0) is 30.6 Å². The lowest BCUT2D eigenvalue weighted by atomic mass is 10.2. The summed E-state index contributed by atoms with van der Waals surface area (Å²) < 4.78 is 20.9. The minimum Gasteiger partial charge on any atom is -0.497 e. The van der Waals surface area contributed by atoms with Crippen LogP contribution < -0.4 is 9.47 Å². The van der Waals surface area contributed by atoms with Gasteiger partial charge in [0.25, 0.3) is 0 Å². The Hall–Kier alpha value is -2.32. The Kier molecular flexibility index (Phi) is 8.33. The molecule has 2 atom stereocenters. The predicted molar refractivity (Wildman–Crippen MR) is 118 cm³/mol. The monoisotopic (exact) mass is 448 g/mol. The van der Waals surface area contributed by atoms with E-state index in [1.807, 2.05) is 48.5 Å². The fourth-order valence-electron chi connectivity index (χ4n) is 2.74. The van der Waals surface area contributed by atoms with Crippen LogP contribution in [0.3, 0.4) is 0 Å². The molecule has 0 radical (unpaired) electrons. The zero-order chi connectivity index (χ0) is 21.3. The third-order valence-corrected chi connectivity index (χ3v) is 6.59. The number of cyclic esters (lactones) is 2. The van der Waals surface area contributed by atoms with Crippen molar-refractivity contribution in [2.75, 3.05) is 25.7 Å². The van der Waals surface area contributed by atoms with Crippen molar-refractivity contribution in [1.29, 1.82) is 0 Å². The lowest BCUT2D eigenvalue weighted by molar-refractivity contribution is -0.190. The largest absolute Gasteiger partial charge is 0.497 e. The van der Waals surface area contributed by atoms with Gasteiger partial charge in [0.05, 0.1) is 14.2 Å². The van der Waals surface area contributed by atoms with Gasteiger partial charge >= 0.3 is 11.9 Å². The molecule has 0 aliphatic carbocycles. The normalized spacial score (nSPS) is 18.5. The number of thioether (sulfide) groups is 2. The highest BCUT2D eigenvalue weighted by molar-refractivity contribution is 7.98. The van der Waals surface area contributed by atoms with Crippen LogP contribution in [0, 0.1) is 0 Å². The van der Waals surface area contributed by atoms with Crippen LogP contribution >= 0.6 is 23.5 Å². The van der Waals surface area contributed by atoms with Crippen LogP contribution in [0.5, 0.6) is 11.5 Å². The maximum Gasteiger partial charge on any atom is 0.349 e. The number of hydrogen-bond acceptors (Lipinski definition) is 8. The van der Waals surface area contributed by atoms with Crippen molar-refractivity contribution in [1.82, 2.24) is 0 Å². The van der Waals surface area contributed by atoms with Crippen molar-refractivity contribution in [3.05, 3.63) is 59.7 Å². The summed E-state index contributed by atoms with van der Waals surface area (Å²) in [4.78, 5) is 24.5. The molecule has 2 aromatic rings. The fraction of sp³-hybridized carbons (Fsp3) is 0.364. The summed E-state index contributed by atoms with van der Waals surface area (Å²) in [6.07, 6.45) is -1.72. The molecule has 0 N–H and O–H groups in total. The van der Waals surface area contributed by atoms with Gasteiger partial charge in [-0.15, -0.1) is 0 Å². The third-order valence-electron chi connectivity index (χ3n) is 4.44. The Labute approximate surface area is 184 Å². The van der Waals surface area contributed by atoms with Crippen molar-refractivity contribution in [2.45, 2.75) is 23.7 Å². The number of carbonyl (C=O) groups excluding carboxylic acids is 2. The summed E-state index contributed by atoms with van der Waals surface area (Å²) in [5.41, 5.74) is 2.20. The van der Waals surface area contributed by atoms with Gasteiger partial charge in [0.15, 0.2) is 0 Å². The van der Waals surface area contributed by atoms with Gasteiger partial charge in [-0.3, -0.25) is 0 Å². The number of hydrogen-bond donors (Lipinski definition) is 0. The van der Waals surface area contributed by atoms with Crippen LogP contribution in [0.4, 0.5) is 0 Å². The van der Waals surface area contributed by atoms with Crippen LogP contribution in [0.25, 0.3) is 0 Å². The molecular formula is C22H24O6S2. The van der Waals surface area contributed by atoms with Crippen LogP contribution in [0.2, 0.25) is 0 Å². The summed E-state index contributed by atoms with van der Waals surface area (Å²) in [5, 5.41) is 0. The van der Waals surface area contributed by atoms with Gasteiger partial charge in [0, 0.05) is 23.0 Å². The highest BCUT2D eigenvalue weighted by atomic mass is 32.2. The van der Waals surface area contributed by atoms with Gasteiger partial charge in [-0.25, -0.2) is 9.59 Å². The highest BCUT2D eigenvalue weighted by Crippen LogP contribution is 2.23. The first kappa shape index (κ1) is 22.4. The first-order chi connectivity index (χ1) is 14.6. The Morgan fingerprint density at radius 1 is 0.700 bits per heavy atom. The molecule has 1 fully saturated rings. The van der Waals surface area contributed by atoms with Gasteiger partial charge in [-0.05, 0) is 35.4 Å². The standard InChI is InChI=1S/C22H24O6S2/c1-25-17-7-3-15(4-8-17)11-29-13-19-21(23)28-20(22(24)27-19)14-30-12-16-5-9-18(26-2)10-6-16/h3-10,19-20H,11-14H2,1-2H3/t19-,20+. The highest BCUT2D eigenvalue weighted by Gasteiger charge is 2.37. The van der Waals surface area contributed by atoms with E-state index in [-0.39, 0.29) is 0 Å². The van der Waals surface area contributed by atoms with E-state index in [4.69, 9.17) is 18.9 Å². The van der Waals surface area contributed by atoms with E-state index in [9.17, 15) is 9.59 Å². The topological polar surface area (TPSA) is 71.1 Å². The van der Waals surface area contributed by atoms with E-state index in [0.29, 0.717) is 23.0 Å². The molecule has 30 heavy (non-hydrogen) atoms. The summed E-state index contributed by atoms with van der Waals surface area (Å²) in [6.45, 7) is 0. The Morgan fingerprint density at radius 3 is 1.40 bits per heavy atom. The van der Waals surface area contributed by atoms with E-state index < -0.39 is 24.1 Å². The Morgan fingerprint density at radius 2 is 1.07 bits per heavy atom. The number of rotatable bonds is 10. The van der Waals surface area contributed by atoms with Crippen molar-refractivity contribution in [3.8, 4) is 11.5 Å². The SMILES string of the molecule is COc1ccc(CSC[C@@H]2OC(=O)[C@@H](CSCc3ccc(OC)cc3)OC2=O)cc1. The first-order valence-corrected chi connectivity index (χ1v) is 11.7. The molecule has 6 nitrogen and oxygen atoms in total. The second kappa shape index (κ2) is 11.2. The quantitative estimate of drug-likeness (QED) is 0.510. The summed E-state index contributed by atoms with van der Waals surface area (Å²) in [5.74, 6) is 2.76. The van der Waals surface area contributed by atoms with Gasteiger partial charge < -0.3 is 18.9 Å². The third kappa shape index (κ3) is 6.34. The molecule has 0 saturated carbocycles. The predicted octanol–water partition coefficient (Wildman–Crippen LogP) is 3.71. The van der Waals surface area contributed by atoms with Crippen LogP contribution in [0.1, 0.15) is 11.1 Å². The van der Waals surface area contributed by atoms with E-state index in [0.717, 1.165) is 22.6 Å². The van der Waals surface area contributed by atoms with E-state index >= 15 is 0 Å². The Balaban J connectivity index is 1.39. The number of esters is 2. The lowest BCUT2D eigenvalue weighted by Crippen LogP contribution is -2.46. The summed E-state index contributed by atoms with van der Waals surface area (Å²) >= 11 is 3.03. The van der Waals surface area contributed by atoms with Crippen molar-refractivity contribution in [2.24, 2.45) is 0 Å². The molecule has 0 bridgehead atoms. The lowest BCUT2D eigenvalue weighted by Gasteiger charge is -2.27. The molecule has 160 valence electrons. The Bertz CT molecular complexity index is 766. The molecule has 0 unspecified atom stereocenters. The molecule has 0 amide bonds. The van der Waals surface area contributed by atoms with E-state index in [2.05, 4.69) is 0 Å². The number of ether oxygens (including phenoxy) is 4. The zero-order valence-corrected chi connectivity index (χ0v) is 18.5. The average molecular weight is 449 g/mol. The number of carbonyl (C=O) groups is 2. The second-order valence-electron chi connectivity index (χ2n) is 6.58.